The van der Waals surface area contributed by atoms with Gasteiger partial charge < -0.3 is 10.2 Å². The van der Waals surface area contributed by atoms with Crippen LogP contribution in [-0.4, -0.2) is 30.9 Å². The Kier molecular flexibility index (Phi) is 4.60. The number of carbonyl (C=O) groups excluding carboxylic acids is 1. The van der Waals surface area contributed by atoms with Gasteiger partial charge in [-0.1, -0.05) is 58.0 Å². The number of rotatable bonds is 3. The number of benzene rings is 2. The Morgan fingerprint density at radius 2 is 1.77 bits per heavy atom. The second-order valence-corrected chi connectivity index (χ2v) is 8.83. The molecule has 3 heteroatoms. The zero-order valence-electron chi connectivity index (χ0n) is 16.8. The van der Waals surface area contributed by atoms with E-state index < -0.39 is 0 Å². The van der Waals surface area contributed by atoms with Crippen LogP contribution in [0.1, 0.15) is 55.6 Å². The number of hydrogen-bond acceptors (Lipinski definition) is 2. The molecule has 2 aromatic carbocycles. The monoisotopic (exact) mass is 350 g/mol. The number of nitrogens with zero attached hydrogens (tertiary/aromatic N) is 1. The van der Waals surface area contributed by atoms with Crippen LogP contribution >= 0.6 is 0 Å². The summed E-state index contributed by atoms with van der Waals surface area (Å²) in [5.41, 5.74) is 4.48. The number of fused-ring (bicyclic) bond motifs is 1. The summed E-state index contributed by atoms with van der Waals surface area (Å²) in [6, 6.07) is 17.1. The van der Waals surface area contributed by atoms with Crippen molar-refractivity contribution in [1.29, 1.82) is 0 Å². The normalized spacial score (nSPS) is 18.6. The summed E-state index contributed by atoms with van der Waals surface area (Å²) >= 11 is 0. The Bertz CT molecular complexity index is 806. The van der Waals surface area contributed by atoms with Gasteiger partial charge in [-0.05, 0) is 41.2 Å². The molecule has 0 bridgehead atoms. The molecule has 1 heterocycles. The van der Waals surface area contributed by atoms with Gasteiger partial charge in [0, 0.05) is 36.8 Å². The van der Waals surface area contributed by atoms with Crippen molar-refractivity contribution in [2.45, 2.75) is 51.0 Å². The third kappa shape index (κ3) is 3.23. The summed E-state index contributed by atoms with van der Waals surface area (Å²) in [6.45, 7) is 9.19. The van der Waals surface area contributed by atoms with E-state index in [1.165, 1.54) is 11.1 Å². The van der Waals surface area contributed by atoms with Crippen LogP contribution in [0, 0.1) is 0 Å². The van der Waals surface area contributed by atoms with E-state index in [4.69, 9.17) is 0 Å². The van der Waals surface area contributed by atoms with Crippen molar-refractivity contribution in [3.8, 4) is 0 Å². The highest BCUT2D eigenvalue weighted by Crippen LogP contribution is 2.44. The van der Waals surface area contributed by atoms with Crippen molar-refractivity contribution in [2.75, 3.05) is 19.4 Å². The molecule has 0 fully saturated rings. The molecular formula is C23H30N2O. The molecule has 1 unspecified atom stereocenters. The SMILES string of the molecule is CN(C)C(=O)c1ccc2c(c1)C(C)(C)CC(C(C)(C)c1ccccc1)N2. The van der Waals surface area contributed by atoms with Crippen LogP contribution in [0.25, 0.3) is 0 Å². The average molecular weight is 351 g/mol. The van der Waals surface area contributed by atoms with Gasteiger partial charge in [0.15, 0.2) is 0 Å². The first-order chi connectivity index (χ1) is 12.1. The van der Waals surface area contributed by atoms with Crippen molar-refractivity contribution in [3.05, 3.63) is 65.2 Å². The Morgan fingerprint density at radius 1 is 1.12 bits per heavy atom. The summed E-state index contributed by atoms with van der Waals surface area (Å²) < 4.78 is 0. The molecule has 1 amide bonds. The predicted molar refractivity (Wildman–Crippen MR) is 109 cm³/mol. The van der Waals surface area contributed by atoms with Gasteiger partial charge in [-0.3, -0.25) is 4.79 Å². The van der Waals surface area contributed by atoms with Gasteiger partial charge in [0.25, 0.3) is 5.91 Å². The maximum atomic E-state index is 12.4. The van der Waals surface area contributed by atoms with Crippen LogP contribution in [0.2, 0.25) is 0 Å². The van der Waals surface area contributed by atoms with Gasteiger partial charge in [-0.2, -0.15) is 0 Å². The third-order valence-corrected chi connectivity index (χ3v) is 5.83. The highest BCUT2D eigenvalue weighted by atomic mass is 16.2. The highest BCUT2D eigenvalue weighted by molar-refractivity contribution is 5.94. The lowest BCUT2D eigenvalue weighted by molar-refractivity contribution is 0.0827. The van der Waals surface area contributed by atoms with E-state index in [0.717, 1.165) is 17.7 Å². The van der Waals surface area contributed by atoms with Crippen LogP contribution in [-0.2, 0) is 10.8 Å². The molecule has 1 N–H and O–H groups in total. The van der Waals surface area contributed by atoms with Crippen molar-refractivity contribution in [3.63, 3.8) is 0 Å². The molecule has 3 rings (SSSR count). The van der Waals surface area contributed by atoms with Crippen LogP contribution < -0.4 is 5.32 Å². The third-order valence-electron chi connectivity index (χ3n) is 5.83. The van der Waals surface area contributed by atoms with Gasteiger partial charge in [0.05, 0.1) is 0 Å². The Labute approximate surface area is 157 Å². The molecular weight excluding hydrogens is 320 g/mol. The quantitative estimate of drug-likeness (QED) is 0.860. The number of anilines is 1. The maximum Gasteiger partial charge on any atom is 0.253 e. The average Bonchev–Trinajstić information content (AvgIpc) is 2.61. The van der Waals surface area contributed by atoms with Crippen molar-refractivity contribution in [1.82, 2.24) is 4.90 Å². The molecule has 1 atom stereocenters. The fourth-order valence-electron chi connectivity index (χ4n) is 3.98. The zero-order valence-corrected chi connectivity index (χ0v) is 16.8. The number of carbonyl (C=O) groups is 1. The largest absolute Gasteiger partial charge is 0.381 e. The summed E-state index contributed by atoms with van der Waals surface area (Å²) in [7, 11) is 3.59. The minimum atomic E-state index is -0.0000960. The fraction of sp³-hybridized carbons (Fsp3) is 0.435. The first-order valence-electron chi connectivity index (χ1n) is 9.31. The van der Waals surface area contributed by atoms with Crippen LogP contribution in [0.15, 0.2) is 48.5 Å². The molecule has 1 aliphatic rings. The Balaban J connectivity index is 1.98. The lowest BCUT2D eigenvalue weighted by atomic mass is 9.66. The second-order valence-electron chi connectivity index (χ2n) is 8.83. The van der Waals surface area contributed by atoms with Gasteiger partial charge >= 0.3 is 0 Å². The van der Waals surface area contributed by atoms with Crippen molar-refractivity contribution < 1.29 is 4.79 Å². The molecule has 138 valence electrons. The summed E-state index contributed by atoms with van der Waals surface area (Å²) in [5.74, 6) is 0.0512. The number of hydrogen-bond donors (Lipinski definition) is 1. The molecule has 2 aromatic rings. The van der Waals surface area contributed by atoms with Crippen LogP contribution in [0.5, 0.6) is 0 Å². The van der Waals surface area contributed by atoms with Gasteiger partial charge in [0.1, 0.15) is 0 Å². The van der Waals surface area contributed by atoms with Gasteiger partial charge in [0.2, 0.25) is 0 Å². The first-order valence-corrected chi connectivity index (χ1v) is 9.31. The van der Waals surface area contributed by atoms with E-state index in [-0.39, 0.29) is 16.7 Å². The van der Waals surface area contributed by atoms with E-state index in [2.05, 4.69) is 75.5 Å². The zero-order chi connectivity index (χ0) is 19.1. The Morgan fingerprint density at radius 3 is 2.38 bits per heavy atom. The molecule has 0 aliphatic carbocycles. The molecule has 26 heavy (non-hydrogen) atoms. The lowest BCUT2D eigenvalue weighted by Gasteiger charge is -2.46. The van der Waals surface area contributed by atoms with Crippen molar-refractivity contribution in [2.24, 2.45) is 0 Å². The predicted octanol–water partition coefficient (Wildman–Crippen LogP) is 4.83. The summed E-state index contributed by atoms with van der Waals surface area (Å²) in [4.78, 5) is 14.0. The topological polar surface area (TPSA) is 32.3 Å². The molecule has 1 aliphatic heterocycles. The minimum absolute atomic E-state index is 0.0000960. The maximum absolute atomic E-state index is 12.4. The van der Waals surface area contributed by atoms with E-state index in [1.54, 1.807) is 19.0 Å². The number of amides is 1. The van der Waals surface area contributed by atoms with E-state index in [0.29, 0.717) is 6.04 Å². The van der Waals surface area contributed by atoms with E-state index in [1.807, 2.05) is 6.07 Å². The van der Waals surface area contributed by atoms with Crippen LogP contribution in [0.4, 0.5) is 5.69 Å². The van der Waals surface area contributed by atoms with Gasteiger partial charge in [-0.15, -0.1) is 0 Å². The van der Waals surface area contributed by atoms with E-state index >= 15 is 0 Å². The molecule has 0 radical (unpaired) electrons. The summed E-state index contributed by atoms with van der Waals surface area (Å²) in [5, 5.41) is 3.76. The van der Waals surface area contributed by atoms with E-state index in [9.17, 15) is 4.79 Å². The fourth-order valence-corrected chi connectivity index (χ4v) is 3.98. The van der Waals surface area contributed by atoms with Crippen LogP contribution in [0.3, 0.4) is 0 Å². The smallest absolute Gasteiger partial charge is 0.253 e. The molecule has 0 saturated carbocycles. The number of nitrogens with one attached hydrogen (secondary N) is 1. The second kappa shape index (κ2) is 6.46. The van der Waals surface area contributed by atoms with Crippen molar-refractivity contribution >= 4 is 11.6 Å². The Hall–Kier alpha value is -2.29. The minimum Gasteiger partial charge on any atom is -0.381 e. The standard InChI is InChI=1S/C23H30N2O/c1-22(2)15-20(23(3,4)17-10-8-7-9-11-17)24-19-13-12-16(14-18(19)22)21(26)25(5)6/h7-14,20,24H,15H2,1-6H3. The molecule has 3 nitrogen and oxygen atoms in total. The molecule has 0 aromatic heterocycles. The molecule has 0 spiro atoms. The summed E-state index contributed by atoms with van der Waals surface area (Å²) in [6.07, 6.45) is 1.02. The first kappa shape index (κ1) is 18.5. The highest BCUT2D eigenvalue weighted by Gasteiger charge is 2.40. The van der Waals surface area contributed by atoms with Gasteiger partial charge in [-0.25, -0.2) is 0 Å². The lowest BCUT2D eigenvalue weighted by Crippen LogP contribution is -2.47. The molecule has 0 saturated heterocycles.